The van der Waals surface area contributed by atoms with E-state index in [1.807, 2.05) is 0 Å². The van der Waals surface area contributed by atoms with Gasteiger partial charge in [-0.2, -0.15) is 0 Å². The van der Waals surface area contributed by atoms with Crippen molar-refractivity contribution in [3.63, 3.8) is 0 Å². The molecule has 0 unspecified atom stereocenters. The van der Waals surface area contributed by atoms with E-state index in [1.54, 1.807) is 36.0 Å². The molecule has 0 N–H and O–H groups in total. The Hall–Kier alpha value is -1.56. The van der Waals surface area contributed by atoms with Crippen LogP contribution >= 0.6 is 15.9 Å². The van der Waals surface area contributed by atoms with Crippen LogP contribution in [0.1, 0.15) is 6.92 Å². The second-order valence-electron chi connectivity index (χ2n) is 3.46. The molecule has 90 valence electrons. The van der Waals surface area contributed by atoms with Crippen LogP contribution < -0.4 is 5.56 Å². The maximum atomic E-state index is 12.1. The molecule has 0 aromatic carbocycles. The Balaban J connectivity index is 2.42. The number of fused-ring (bicyclic) bond motifs is 1. The molecule has 2 aromatic rings. The van der Waals surface area contributed by atoms with Crippen LogP contribution in [-0.4, -0.2) is 21.5 Å². The molecule has 0 bridgehead atoms. The molecule has 2 rings (SSSR count). The Bertz CT molecular complexity index is 615. The van der Waals surface area contributed by atoms with Gasteiger partial charge in [0.1, 0.15) is 12.1 Å². The summed E-state index contributed by atoms with van der Waals surface area (Å²) < 4.78 is 8.55. The van der Waals surface area contributed by atoms with Crippen molar-refractivity contribution >= 4 is 27.4 Å². The second kappa shape index (κ2) is 4.75. The summed E-state index contributed by atoms with van der Waals surface area (Å²) in [6.45, 7) is 1.97. The standard InChI is InChI=1S/C11H11BrN2O3/c1-2-17-9(15)7-14-6-5-13-4-3-8(12)10(13)11(14)16/h3-6H,2,7H2,1H3. The maximum absolute atomic E-state index is 12.1. The summed E-state index contributed by atoms with van der Waals surface area (Å²) in [7, 11) is 0. The quantitative estimate of drug-likeness (QED) is 0.806. The number of esters is 1. The first kappa shape index (κ1) is 11.9. The molecule has 2 aromatic heterocycles. The average molecular weight is 299 g/mol. The molecule has 0 fully saturated rings. The largest absolute Gasteiger partial charge is 0.465 e. The third kappa shape index (κ3) is 2.26. The molecular weight excluding hydrogens is 288 g/mol. The van der Waals surface area contributed by atoms with Crippen LogP contribution in [0.25, 0.3) is 5.52 Å². The molecule has 17 heavy (non-hydrogen) atoms. The van der Waals surface area contributed by atoms with Gasteiger partial charge in [-0.25, -0.2) is 0 Å². The van der Waals surface area contributed by atoms with Crippen molar-refractivity contribution in [2.45, 2.75) is 13.5 Å². The Morgan fingerprint density at radius 1 is 1.41 bits per heavy atom. The van der Waals surface area contributed by atoms with Crippen LogP contribution in [-0.2, 0) is 16.1 Å². The molecular formula is C11H11BrN2O3. The summed E-state index contributed by atoms with van der Waals surface area (Å²) in [5.41, 5.74) is 0.286. The van der Waals surface area contributed by atoms with E-state index in [0.717, 1.165) is 0 Å². The Kier molecular flexibility index (Phi) is 3.33. The normalized spacial score (nSPS) is 10.7. The number of ether oxygens (including phenoxy) is 1. The van der Waals surface area contributed by atoms with Crippen LogP contribution in [0.2, 0.25) is 0 Å². The molecule has 0 aliphatic rings. The molecule has 0 atom stereocenters. The summed E-state index contributed by atoms with van der Waals surface area (Å²) in [6, 6.07) is 1.78. The van der Waals surface area contributed by atoms with E-state index < -0.39 is 5.97 Å². The number of aromatic nitrogens is 2. The molecule has 0 saturated carbocycles. The lowest BCUT2D eigenvalue weighted by Crippen LogP contribution is -2.26. The molecule has 0 aliphatic carbocycles. The summed E-state index contributed by atoms with van der Waals surface area (Å²) in [5, 5.41) is 0. The number of carbonyl (C=O) groups is 1. The Labute approximate surface area is 106 Å². The highest BCUT2D eigenvalue weighted by Gasteiger charge is 2.10. The van der Waals surface area contributed by atoms with Gasteiger partial charge in [-0.1, -0.05) is 0 Å². The predicted octanol–water partition coefficient (Wildman–Crippen LogP) is 1.43. The number of hydrogen-bond donors (Lipinski definition) is 0. The smallest absolute Gasteiger partial charge is 0.326 e. The van der Waals surface area contributed by atoms with E-state index in [2.05, 4.69) is 15.9 Å². The fourth-order valence-electron chi connectivity index (χ4n) is 1.59. The third-order valence-corrected chi connectivity index (χ3v) is 2.98. The average Bonchev–Trinajstić information content (AvgIpc) is 2.65. The van der Waals surface area contributed by atoms with Gasteiger partial charge in [0.2, 0.25) is 0 Å². The van der Waals surface area contributed by atoms with Crippen molar-refractivity contribution in [1.82, 2.24) is 8.97 Å². The SMILES string of the molecule is CCOC(=O)Cn1ccn2ccc(Br)c2c1=O. The van der Waals surface area contributed by atoms with E-state index in [4.69, 9.17) is 4.74 Å². The number of hydrogen-bond acceptors (Lipinski definition) is 3. The highest BCUT2D eigenvalue weighted by molar-refractivity contribution is 9.10. The van der Waals surface area contributed by atoms with Gasteiger partial charge < -0.3 is 13.7 Å². The van der Waals surface area contributed by atoms with Gasteiger partial charge in [-0.15, -0.1) is 0 Å². The Morgan fingerprint density at radius 3 is 2.88 bits per heavy atom. The van der Waals surface area contributed by atoms with Gasteiger partial charge in [-0.05, 0) is 28.9 Å². The van der Waals surface area contributed by atoms with E-state index in [0.29, 0.717) is 16.6 Å². The van der Waals surface area contributed by atoms with Gasteiger partial charge in [0.05, 0.1) is 6.61 Å². The van der Waals surface area contributed by atoms with Crippen LogP contribution in [0, 0.1) is 0 Å². The lowest BCUT2D eigenvalue weighted by atomic mass is 10.5. The van der Waals surface area contributed by atoms with E-state index in [1.165, 1.54) is 4.57 Å². The summed E-state index contributed by atoms with van der Waals surface area (Å²) in [5.74, 6) is -0.415. The monoisotopic (exact) mass is 298 g/mol. The number of carbonyl (C=O) groups excluding carboxylic acids is 1. The zero-order valence-corrected chi connectivity index (χ0v) is 10.8. The van der Waals surface area contributed by atoms with E-state index in [-0.39, 0.29) is 12.1 Å². The third-order valence-electron chi connectivity index (χ3n) is 2.34. The molecule has 0 spiro atoms. The van der Waals surface area contributed by atoms with Crippen LogP contribution in [0.4, 0.5) is 0 Å². The predicted molar refractivity (Wildman–Crippen MR) is 66.0 cm³/mol. The molecule has 6 heteroatoms. The molecule has 2 heterocycles. The van der Waals surface area contributed by atoms with Crippen molar-refractivity contribution in [3.05, 3.63) is 39.5 Å². The van der Waals surface area contributed by atoms with Crippen LogP contribution in [0.15, 0.2) is 33.9 Å². The molecule has 0 saturated heterocycles. The molecule has 0 aliphatic heterocycles. The van der Waals surface area contributed by atoms with Gasteiger partial charge in [-0.3, -0.25) is 9.59 Å². The summed E-state index contributed by atoms with van der Waals surface area (Å²) in [6.07, 6.45) is 5.06. The first-order chi connectivity index (χ1) is 8.13. The first-order valence-corrected chi connectivity index (χ1v) is 5.94. The van der Waals surface area contributed by atoms with Gasteiger partial charge in [0.15, 0.2) is 0 Å². The molecule has 5 nitrogen and oxygen atoms in total. The fourth-order valence-corrected chi connectivity index (χ4v) is 2.08. The van der Waals surface area contributed by atoms with E-state index in [9.17, 15) is 9.59 Å². The lowest BCUT2D eigenvalue weighted by Gasteiger charge is -2.06. The van der Waals surface area contributed by atoms with Gasteiger partial charge in [0.25, 0.3) is 5.56 Å². The topological polar surface area (TPSA) is 52.7 Å². The number of halogens is 1. The van der Waals surface area contributed by atoms with Crippen molar-refractivity contribution in [1.29, 1.82) is 0 Å². The van der Waals surface area contributed by atoms with Gasteiger partial charge >= 0.3 is 5.97 Å². The van der Waals surface area contributed by atoms with Crippen LogP contribution in [0.5, 0.6) is 0 Å². The highest BCUT2D eigenvalue weighted by atomic mass is 79.9. The number of rotatable bonds is 3. The summed E-state index contributed by atoms with van der Waals surface area (Å²) >= 11 is 3.30. The van der Waals surface area contributed by atoms with Crippen molar-refractivity contribution in [2.24, 2.45) is 0 Å². The minimum absolute atomic E-state index is 0.0687. The lowest BCUT2D eigenvalue weighted by molar-refractivity contribution is -0.143. The van der Waals surface area contributed by atoms with Crippen molar-refractivity contribution in [2.75, 3.05) is 6.61 Å². The van der Waals surface area contributed by atoms with E-state index >= 15 is 0 Å². The second-order valence-corrected chi connectivity index (χ2v) is 4.31. The van der Waals surface area contributed by atoms with Gasteiger partial charge in [0, 0.05) is 23.1 Å². The highest BCUT2D eigenvalue weighted by Crippen LogP contribution is 2.15. The van der Waals surface area contributed by atoms with Crippen molar-refractivity contribution in [3.8, 4) is 0 Å². The first-order valence-electron chi connectivity index (χ1n) is 5.14. The van der Waals surface area contributed by atoms with Crippen LogP contribution in [0.3, 0.4) is 0 Å². The van der Waals surface area contributed by atoms with Crippen molar-refractivity contribution < 1.29 is 9.53 Å². The minimum Gasteiger partial charge on any atom is -0.465 e. The molecule has 0 radical (unpaired) electrons. The number of nitrogens with zero attached hydrogens (tertiary/aromatic N) is 2. The summed E-state index contributed by atoms with van der Waals surface area (Å²) in [4.78, 5) is 23.4. The maximum Gasteiger partial charge on any atom is 0.326 e. The minimum atomic E-state index is -0.415. The fraction of sp³-hybridized carbons (Fsp3) is 0.273. The molecule has 0 amide bonds. The Morgan fingerprint density at radius 2 is 2.18 bits per heavy atom. The zero-order valence-electron chi connectivity index (χ0n) is 9.22. The zero-order chi connectivity index (χ0) is 12.4.